The van der Waals surface area contributed by atoms with Crippen molar-refractivity contribution in [1.82, 2.24) is 20.7 Å². The Labute approximate surface area is 133 Å². The van der Waals surface area contributed by atoms with Crippen molar-refractivity contribution in [3.63, 3.8) is 0 Å². The molecule has 1 amide bonds. The zero-order chi connectivity index (χ0) is 15.6. The van der Waals surface area contributed by atoms with Crippen LogP contribution in [0.2, 0.25) is 0 Å². The van der Waals surface area contributed by atoms with E-state index in [2.05, 4.69) is 20.7 Å². The Morgan fingerprint density at radius 1 is 1.35 bits per heavy atom. The van der Waals surface area contributed by atoms with E-state index in [1.807, 2.05) is 4.90 Å². The van der Waals surface area contributed by atoms with Gasteiger partial charge < -0.3 is 19.5 Å². The lowest BCUT2D eigenvalue weighted by molar-refractivity contribution is 0.0913. The van der Waals surface area contributed by atoms with Crippen molar-refractivity contribution >= 4 is 11.7 Å². The molecule has 4 rings (SSSR count). The van der Waals surface area contributed by atoms with E-state index in [0.29, 0.717) is 25.6 Å². The molecule has 0 radical (unpaired) electrons. The zero-order valence-corrected chi connectivity index (χ0v) is 12.8. The van der Waals surface area contributed by atoms with E-state index < -0.39 is 0 Å². The lowest BCUT2D eigenvalue weighted by Crippen LogP contribution is -2.36. The highest BCUT2D eigenvalue weighted by molar-refractivity contribution is 5.92. The lowest BCUT2D eigenvalue weighted by atomic mass is 10.2. The Bertz CT molecular complexity index is 702. The van der Waals surface area contributed by atoms with Crippen LogP contribution in [-0.4, -0.2) is 47.6 Å². The van der Waals surface area contributed by atoms with Crippen LogP contribution in [0.3, 0.4) is 0 Å². The van der Waals surface area contributed by atoms with Gasteiger partial charge in [-0.1, -0.05) is 5.16 Å². The molecule has 8 heteroatoms. The molecular weight excluding hydrogens is 298 g/mol. The van der Waals surface area contributed by atoms with Crippen LogP contribution in [0, 0.1) is 0 Å². The molecule has 1 saturated heterocycles. The summed E-state index contributed by atoms with van der Waals surface area (Å²) in [6.07, 6.45) is 3.22. The van der Waals surface area contributed by atoms with Gasteiger partial charge in [0.1, 0.15) is 0 Å². The van der Waals surface area contributed by atoms with Gasteiger partial charge >= 0.3 is 0 Å². The fraction of sp³-hybridized carbons (Fsp3) is 0.533. The third kappa shape index (κ3) is 2.81. The predicted octanol–water partition coefficient (Wildman–Crippen LogP) is 0.653. The van der Waals surface area contributed by atoms with Crippen LogP contribution in [0.25, 0.3) is 0 Å². The molecule has 2 aliphatic rings. The number of carbonyl (C=O) groups excluding carboxylic acids is 1. The van der Waals surface area contributed by atoms with Crippen molar-refractivity contribution in [3.05, 3.63) is 28.8 Å². The zero-order valence-electron chi connectivity index (χ0n) is 12.8. The van der Waals surface area contributed by atoms with Crippen LogP contribution in [0.5, 0.6) is 0 Å². The Morgan fingerprint density at radius 2 is 2.22 bits per heavy atom. The lowest BCUT2D eigenvalue weighted by Gasteiger charge is -2.25. The maximum atomic E-state index is 12.2. The summed E-state index contributed by atoms with van der Waals surface area (Å²) in [6.45, 7) is 3.25. The number of rotatable bonds is 4. The second kappa shape index (κ2) is 6.04. The topological polar surface area (TPSA) is 96.3 Å². The van der Waals surface area contributed by atoms with Gasteiger partial charge in [0.15, 0.2) is 5.82 Å². The molecule has 0 spiro atoms. The number of nitrogens with zero attached hydrogens (tertiary/aromatic N) is 3. The minimum absolute atomic E-state index is 0.221. The third-order valence-corrected chi connectivity index (χ3v) is 4.36. The van der Waals surface area contributed by atoms with E-state index >= 15 is 0 Å². The number of morpholine rings is 1. The van der Waals surface area contributed by atoms with E-state index in [0.717, 1.165) is 38.0 Å². The number of anilines is 1. The SMILES string of the molecule is O=C(NCc1n[nH]c2c1CCC2)c1cc(N2CCOCC2)no1. The summed E-state index contributed by atoms with van der Waals surface area (Å²) in [4.78, 5) is 14.3. The van der Waals surface area contributed by atoms with Crippen LogP contribution < -0.4 is 10.2 Å². The number of amides is 1. The number of aryl methyl sites for hydroxylation is 1. The maximum Gasteiger partial charge on any atom is 0.290 e. The van der Waals surface area contributed by atoms with Crippen molar-refractivity contribution in [2.75, 3.05) is 31.2 Å². The average Bonchev–Trinajstić information content (AvgIpc) is 3.30. The highest BCUT2D eigenvalue weighted by Crippen LogP contribution is 2.22. The molecule has 2 aromatic heterocycles. The van der Waals surface area contributed by atoms with Gasteiger partial charge in [-0.2, -0.15) is 5.10 Å². The molecule has 0 saturated carbocycles. The number of H-pyrrole nitrogens is 1. The number of nitrogens with one attached hydrogen (secondary N) is 2. The largest absolute Gasteiger partial charge is 0.378 e. The molecule has 1 fully saturated rings. The molecule has 0 aromatic carbocycles. The summed E-state index contributed by atoms with van der Waals surface area (Å²) in [5, 5.41) is 14.1. The fourth-order valence-electron chi connectivity index (χ4n) is 3.10. The smallest absolute Gasteiger partial charge is 0.290 e. The standard InChI is InChI=1S/C15H19N5O3/c21-15(16-9-12-10-2-1-3-11(10)17-18-12)13-8-14(19-23-13)20-4-6-22-7-5-20/h8H,1-7,9H2,(H,16,21)(H,17,18). The summed E-state index contributed by atoms with van der Waals surface area (Å²) < 4.78 is 10.5. The van der Waals surface area contributed by atoms with Crippen molar-refractivity contribution in [1.29, 1.82) is 0 Å². The monoisotopic (exact) mass is 317 g/mol. The number of aromatic amines is 1. The van der Waals surface area contributed by atoms with Gasteiger partial charge in [-0.3, -0.25) is 9.89 Å². The molecule has 3 heterocycles. The van der Waals surface area contributed by atoms with E-state index in [9.17, 15) is 4.79 Å². The molecule has 122 valence electrons. The highest BCUT2D eigenvalue weighted by atomic mass is 16.5. The number of fused-ring (bicyclic) bond motifs is 1. The van der Waals surface area contributed by atoms with E-state index in [1.165, 1.54) is 11.3 Å². The average molecular weight is 317 g/mol. The number of carbonyl (C=O) groups is 1. The Hall–Kier alpha value is -2.35. The molecule has 2 N–H and O–H groups in total. The fourth-order valence-corrected chi connectivity index (χ4v) is 3.10. The van der Waals surface area contributed by atoms with Gasteiger partial charge in [0, 0.05) is 24.8 Å². The molecular formula is C15H19N5O3. The Kier molecular flexibility index (Phi) is 3.74. The summed E-state index contributed by atoms with van der Waals surface area (Å²) in [7, 11) is 0. The second-order valence-corrected chi connectivity index (χ2v) is 5.81. The third-order valence-electron chi connectivity index (χ3n) is 4.36. The molecule has 1 aliphatic carbocycles. The summed E-state index contributed by atoms with van der Waals surface area (Å²) in [6, 6.07) is 1.68. The number of hydrogen-bond acceptors (Lipinski definition) is 6. The van der Waals surface area contributed by atoms with Crippen LogP contribution >= 0.6 is 0 Å². The second-order valence-electron chi connectivity index (χ2n) is 5.81. The summed E-state index contributed by atoms with van der Waals surface area (Å²) >= 11 is 0. The molecule has 8 nitrogen and oxygen atoms in total. The predicted molar refractivity (Wildman–Crippen MR) is 81.3 cm³/mol. The van der Waals surface area contributed by atoms with Crippen molar-refractivity contribution in [2.24, 2.45) is 0 Å². The first-order chi connectivity index (χ1) is 11.3. The van der Waals surface area contributed by atoms with Crippen LogP contribution in [-0.2, 0) is 24.1 Å². The molecule has 23 heavy (non-hydrogen) atoms. The maximum absolute atomic E-state index is 12.2. The highest BCUT2D eigenvalue weighted by Gasteiger charge is 2.21. The number of ether oxygens (including phenoxy) is 1. The number of aromatic nitrogens is 3. The van der Waals surface area contributed by atoms with Crippen molar-refractivity contribution in [3.8, 4) is 0 Å². The first-order valence-corrected chi connectivity index (χ1v) is 7.94. The van der Waals surface area contributed by atoms with Crippen LogP contribution in [0.1, 0.15) is 33.9 Å². The van der Waals surface area contributed by atoms with E-state index in [4.69, 9.17) is 9.26 Å². The Balaban J connectivity index is 1.38. The number of hydrogen-bond donors (Lipinski definition) is 2. The van der Waals surface area contributed by atoms with Crippen molar-refractivity contribution in [2.45, 2.75) is 25.8 Å². The normalized spacial score (nSPS) is 17.3. The van der Waals surface area contributed by atoms with Crippen LogP contribution in [0.15, 0.2) is 10.6 Å². The summed E-state index contributed by atoms with van der Waals surface area (Å²) in [5.41, 5.74) is 3.36. The quantitative estimate of drug-likeness (QED) is 0.859. The van der Waals surface area contributed by atoms with Crippen molar-refractivity contribution < 1.29 is 14.1 Å². The molecule has 0 bridgehead atoms. The molecule has 2 aromatic rings. The van der Waals surface area contributed by atoms with E-state index in [1.54, 1.807) is 6.07 Å². The minimum Gasteiger partial charge on any atom is -0.378 e. The van der Waals surface area contributed by atoms with E-state index in [-0.39, 0.29) is 11.7 Å². The van der Waals surface area contributed by atoms with Gasteiger partial charge in [0.05, 0.1) is 25.5 Å². The van der Waals surface area contributed by atoms with Gasteiger partial charge in [0.25, 0.3) is 5.91 Å². The minimum atomic E-state index is -0.272. The van der Waals surface area contributed by atoms with Gasteiger partial charge in [0.2, 0.25) is 5.76 Å². The molecule has 0 unspecified atom stereocenters. The molecule has 1 aliphatic heterocycles. The van der Waals surface area contributed by atoms with Crippen LogP contribution in [0.4, 0.5) is 5.82 Å². The van der Waals surface area contributed by atoms with Gasteiger partial charge in [-0.15, -0.1) is 0 Å². The van der Waals surface area contributed by atoms with Gasteiger partial charge in [-0.05, 0) is 24.8 Å². The summed E-state index contributed by atoms with van der Waals surface area (Å²) in [5.74, 6) is 0.629. The molecule has 0 atom stereocenters. The Morgan fingerprint density at radius 3 is 3.09 bits per heavy atom. The van der Waals surface area contributed by atoms with Gasteiger partial charge in [-0.25, -0.2) is 0 Å². The first-order valence-electron chi connectivity index (χ1n) is 7.94. The first kappa shape index (κ1) is 14.3.